The van der Waals surface area contributed by atoms with Crippen LogP contribution in [0, 0.1) is 0 Å². The zero-order valence-corrected chi connectivity index (χ0v) is 15.3. The molecule has 1 aromatic rings. The molecule has 0 heterocycles. The molecule has 2 N–H and O–H groups in total. The van der Waals surface area contributed by atoms with Gasteiger partial charge >= 0.3 is 0 Å². The molecule has 0 amide bonds. The number of hydrogen-bond donors (Lipinski definition) is 2. The Balaban J connectivity index is 1.91. The number of nitrogens with zero attached hydrogens (tertiary/aromatic N) is 2. The van der Waals surface area contributed by atoms with Crippen molar-refractivity contribution in [3.8, 4) is 0 Å². The summed E-state index contributed by atoms with van der Waals surface area (Å²) in [6.45, 7) is 5.81. The summed E-state index contributed by atoms with van der Waals surface area (Å²) in [5.41, 5.74) is 1.51. The van der Waals surface area contributed by atoms with E-state index in [2.05, 4.69) is 48.7 Å². The van der Waals surface area contributed by atoms with Crippen LogP contribution in [0.2, 0.25) is 5.02 Å². The van der Waals surface area contributed by atoms with E-state index in [0.717, 1.165) is 43.6 Å². The molecular formula is C18H29ClN4. The Bertz CT molecular complexity index is 524. The zero-order chi connectivity index (χ0) is 16.7. The van der Waals surface area contributed by atoms with Gasteiger partial charge in [0.25, 0.3) is 0 Å². The lowest BCUT2D eigenvalue weighted by Gasteiger charge is -2.16. The average Bonchev–Trinajstić information content (AvgIpc) is 3.30. The number of halogens is 1. The topological polar surface area (TPSA) is 39.7 Å². The van der Waals surface area contributed by atoms with Crippen LogP contribution in [0.1, 0.15) is 31.7 Å². The highest BCUT2D eigenvalue weighted by atomic mass is 35.5. The molecule has 23 heavy (non-hydrogen) atoms. The lowest BCUT2D eigenvalue weighted by atomic mass is 9.96. The summed E-state index contributed by atoms with van der Waals surface area (Å²) in [5.74, 6) is 0.916. The van der Waals surface area contributed by atoms with Gasteiger partial charge in [-0.2, -0.15) is 0 Å². The molecule has 0 aromatic heterocycles. The van der Waals surface area contributed by atoms with Gasteiger partial charge in [0.1, 0.15) is 0 Å². The third-order valence-electron chi connectivity index (χ3n) is 4.25. The van der Waals surface area contributed by atoms with E-state index in [-0.39, 0.29) is 5.41 Å². The lowest BCUT2D eigenvalue weighted by Crippen LogP contribution is -2.39. The van der Waals surface area contributed by atoms with Crippen molar-refractivity contribution < 1.29 is 0 Å². The first kappa shape index (κ1) is 18.1. The summed E-state index contributed by atoms with van der Waals surface area (Å²) in [5, 5.41) is 7.57. The van der Waals surface area contributed by atoms with E-state index in [0.29, 0.717) is 0 Å². The molecule has 128 valence electrons. The van der Waals surface area contributed by atoms with Crippen molar-refractivity contribution in [3.63, 3.8) is 0 Å². The maximum absolute atomic E-state index is 6.14. The Kier molecular flexibility index (Phi) is 6.72. The summed E-state index contributed by atoms with van der Waals surface area (Å²) in [7, 11) is 4.20. The van der Waals surface area contributed by atoms with Crippen molar-refractivity contribution >= 4 is 17.6 Å². The minimum Gasteiger partial charge on any atom is -0.357 e. The maximum atomic E-state index is 6.14. The van der Waals surface area contributed by atoms with Gasteiger partial charge in [0.15, 0.2) is 5.96 Å². The molecule has 1 fully saturated rings. The van der Waals surface area contributed by atoms with Gasteiger partial charge in [0.05, 0.1) is 6.54 Å². The van der Waals surface area contributed by atoms with Gasteiger partial charge in [-0.05, 0) is 64.5 Å². The van der Waals surface area contributed by atoms with Crippen LogP contribution in [-0.2, 0) is 5.41 Å². The highest BCUT2D eigenvalue weighted by molar-refractivity contribution is 6.30. The van der Waals surface area contributed by atoms with Crippen molar-refractivity contribution in [1.29, 1.82) is 0 Å². The number of guanidine groups is 1. The highest BCUT2D eigenvalue weighted by Crippen LogP contribution is 2.48. The molecule has 0 spiro atoms. The normalized spacial score (nSPS) is 16.5. The molecule has 0 saturated heterocycles. The van der Waals surface area contributed by atoms with Crippen LogP contribution in [-0.4, -0.2) is 51.1 Å². The maximum Gasteiger partial charge on any atom is 0.191 e. The van der Waals surface area contributed by atoms with E-state index in [1.807, 2.05) is 12.1 Å². The second kappa shape index (κ2) is 8.55. The van der Waals surface area contributed by atoms with E-state index in [1.165, 1.54) is 18.4 Å². The first-order valence-corrected chi connectivity index (χ1v) is 8.86. The van der Waals surface area contributed by atoms with Gasteiger partial charge in [-0.15, -0.1) is 0 Å². The van der Waals surface area contributed by atoms with Crippen molar-refractivity contribution in [2.24, 2.45) is 4.99 Å². The van der Waals surface area contributed by atoms with Crippen LogP contribution in [0.4, 0.5) is 0 Å². The molecule has 2 rings (SSSR count). The summed E-state index contributed by atoms with van der Waals surface area (Å²) in [6.07, 6.45) is 3.49. The molecular weight excluding hydrogens is 308 g/mol. The molecule has 0 bridgehead atoms. The van der Waals surface area contributed by atoms with Crippen LogP contribution in [0.5, 0.6) is 0 Å². The molecule has 0 aliphatic heterocycles. The quantitative estimate of drug-likeness (QED) is 0.435. The van der Waals surface area contributed by atoms with E-state index in [4.69, 9.17) is 16.6 Å². The number of aliphatic imine (C=N–C) groups is 1. The van der Waals surface area contributed by atoms with Gasteiger partial charge in [-0.25, -0.2) is 0 Å². The Labute approximate surface area is 145 Å². The predicted molar refractivity (Wildman–Crippen MR) is 99.5 cm³/mol. The van der Waals surface area contributed by atoms with Crippen LogP contribution in [0.3, 0.4) is 0 Å². The Morgan fingerprint density at radius 1 is 1.30 bits per heavy atom. The van der Waals surface area contributed by atoms with Crippen LogP contribution >= 0.6 is 11.6 Å². The Morgan fingerprint density at radius 2 is 2.09 bits per heavy atom. The second-order valence-corrected chi connectivity index (χ2v) is 7.01. The number of benzene rings is 1. The molecule has 1 aromatic carbocycles. The second-order valence-electron chi connectivity index (χ2n) is 6.57. The molecule has 0 atom stereocenters. The molecule has 4 nitrogen and oxygen atoms in total. The molecule has 1 aliphatic carbocycles. The zero-order valence-electron chi connectivity index (χ0n) is 14.5. The average molecular weight is 337 g/mol. The molecule has 1 saturated carbocycles. The van der Waals surface area contributed by atoms with Crippen molar-refractivity contribution in [3.05, 3.63) is 34.9 Å². The van der Waals surface area contributed by atoms with Crippen molar-refractivity contribution in [2.45, 2.75) is 31.6 Å². The van der Waals surface area contributed by atoms with Crippen molar-refractivity contribution in [2.75, 3.05) is 40.3 Å². The van der Waals surface area contributed by atoms with Gasteiger partial charge in [-0.3, -0.25) is 4.99 Å². The van der Waals surface area contributed by atoms with E-state index in [9.17, 15) is 0 Å². The predicted octanol–water partition coefficient (Wildman–Crippen LogP) is 2.88. The molecule has 1 aliphatic rings. The number of nitrogens with one attached hydrogen (secondary N) is 2. The fourth-order valence-electron chi connectivity index (χ4n) is 2.68. The summed E-state index contributed by atoms with van der Waals surface area (Å²) >= 11 is 6.14. The molecule has 0 radical (unpaired) electrons. The summed E-state index contributed by atoms with van der Waals surface area (Å²) in [6, 6.07) is 8.22. The smallest absolute Gasteiger partial charge is 0.191 e. The fourth-order valence-corrected chi connectivity index (χ4v) is 2.87. The largest absolute Gasteiger partial charge is 0.357 e. The highest BCUT2D eigenvalue weighted by Gasteiger charge is 2.44. The van der Waals surface area contributed by atoms with Gasteiger partial charge in [0, 0.05) is 23.5 Å². The summed E-state index contributed by atoms with van der Waals surface area (Å²) in [4.78, 5) is 7.01. The molecule has 0 unspecified atom stereocenters. The van der Waals surface area contributed by atoms with E-state index in [1.54, 1.807) is 0 Å². The first-order chi connectivity index (χ1) is 11.1. The summed E-state index contributed by atoms with van der Waals surface area (Å²) < 4.78 is 0. The van der Waals surface area contributed by atoms with Crippen LogP contribution < -0.4 is 10.6 Å². The van der Waals surface area contributed by atoms with Gasteiger partial charge in [0.2, 0.25) is 0 Å². The Hall–Kier alpha value is -1.26. The molecule has 5 heteroatoms. The standard InChI is InChI=1S/C18H29ClN4/c1-4-20-17(21-11-6-12-23(2)3)22-14-18(9-10-18)15-7-5-8-16(19)13-15/h5,7-8,13H,4,6,9-12,14H2,1-3H3,(H2,20,21,22). The number of hydrogen-bond acceptors (Lipinski definition) is 2. The fraction of sp³-hybridized carbons (Fsp3) is 0.611. The van der Waals surface area contributed by atoms with Crippen LogP contribution in [0.25, 0.3) is 0 Å². The minimum absolute atomic E-state index is 0.191. The van der Waals surface area contributed by atoms with Crippen molar-refractivity contribution in [1.82, 2.24) is 15.5 Å². The third kappa shape index (κ3) is 5.70. The Morgan fingerprint density at radius 3 is 2.70 bits per heavy atom. The van der Waals surface area contributed by atoms with E-state index >= 15 is 0 Å². The minimum atomic E-state index is 0.191. The third-order valence-corrected chi connectivity index (χ3v) is 4.48. The first-order valence-electron chi connectivity index (χ1n) is 8.49. The van der Waals surface area contributed by atoms with Crippen LogP contribution in [0.15, 0.2) is 29.3 Å². The SMILES string of the molecule is CCNC(=NCC1(c2cccc(Cl)c2)CC1)NCCCN(C)C. The monoisotopic (exact) mass is 336 g/mol. The number of rotatable bonds is 8. The van der Waals surface area contributed by atoms with E-state index < -0.39 is 0 Å². The van der Waals surface area contributed by atoms with Gasteiger partial charge in [-0.1, -0.05) is 23.7 Å². The lowest BCUT2D eigenvalue weighted by molar-refractivity contribution is 0.399. The van der Waals surface area contributed by atoms with Gasteiger partial charge < -0.3 is 15.5 Å².